The maximum Gasteiger partial charge on any atom is 0.262 e. The molecular formula is C8H6BrClO3S. The minimum Gasteiger partial charge on any atom is -0.295 e. The number of hydrogen-bond acceptors (Lipinski definition) is 3. The number of benzene rings is 1. The normalized spacial score (nSPS) is 11.4. The van der Waals surface area contributed by atoms with E-state index >= 15 is 0 Å². The molecule has 0 N–H and O–H groups in total. The predicted molar refractivity (Wildman–Crippen MR) is 57.2 cm³/mol. The van der Waals surface area contributed by atoms with Crippen molar-refractivity contribution in [2.24, 2.45) is 0 Å². The maximum atomic E-state index is 11.1. The highest BCUT2D eigenvalue weighted by molar-refractivity contribution is 9.10. The fourth-order valence-corrected chi connectivity index (χ4v) is 3.03. The molecular weight excluding hydrogens is 292 g/mol. The lowest BCUT2D eigenvalue weighted by atomic mass is 10.2. The van der Waals surface area contributed by atoms with Crippen molar-refractivity contribution in [3.05, 3.63) is 28.2 Å². The third-order valence-corrected chi connectivity index (χ3v) is 3.92. The molecule has 0 aromatic heterocycles. The molecule has 1 aromatic carbocycles. The number of rotatable bonds is 2. The van der Waals surface area contributed by atoms with Gasteiger partial charge in [-0.15, -0.1) is 0 Å². The van der Waals surface area contributed by atoms with Crippen LogP contribution in [0.3, 0.4) is 0 Å². The minimum atomic E-state index is -3.82. The molecule has 0 spiro atoms. The zero-order valence-corrected chi connectivity index (χ0v) is 10.3. The van der Waals surface area contributed by atoms with E-state index in [1.807, 2.05) is 0 Å². The van der Waals surface area contributed by atoms with E-state index in [2.05, 4.69) is 15.9 Å². The third kappa shape index (κ3) is 2.56. The highest BCUT2D eigenvalue weighted by Gasteiger charge is 2.15. The molecule has 0 amide bonds. The summed E-state index contributed by atoms with van der Waals surface area (Å²) in [7, 11) is 1.36. The van der Waals surface area contributed by atoms with E-state index in [1.54, 1.807) is 0 Å². The zero-order valence-electron chi connectivity index (χ0n) is 7.12. The Morgan fingerprint density at radius 1 is 1.43 bits per heavy atom. The number of Topliss-reactive ketones (excluding diaryl/α,β-unsaturated/α-hetero) is 1. The Bertz CT molecular complexity index is 481. The van der Waals surface area contributed by atoms with Gasteiger partial charge in [0.1, 0.15) is 0 Å². The van der Waals surface area contributed by atoms with Crippen LogP contribution < -0.4 is 0 Å². The van der Waals surface area contributed by atoms with Gasteiger partial charge in [-0.25, -0.2) is 8.42 Å². The summed E-state index contributed by atoms with van der Waals surface area (Å²) in [5.41, 5.74) is 0.312. The van der Waals surface area contributed by atoms with Gasteiger partial charge in [-0.2, -0.15) is 0 Å². The van der Waals surface area contributed by atoms with Gasteiger partial charge in [-0.1, -0.05) is 6.07 Å². The Balaban J connectivity index is 3.44. The van der Waals surface area contributed by atoms with Crippen molar-refractivity contribution >= 4 is 41.4 Å². The molecule has 1 aromatic rings. The largest absolute Gasteiger partial charge is 0.295 e. The Morgan fingerprint density at radius 3 is 2.43 bits per heavy atom. The molecule has 0 unspecified atom stereocenters. The summed E-state index contributed by atoms with van der Waals surface area (Å²) in [6, 6.07) is 4.25. The number of carbonyl (C=O) groups is 1. The van der Waals surface area contributed by atoms with Crippen LogP contribution in [0.2, 0.25) is 0 Å². The van der Waals surface area contributed by atoms with E-state index in [-0.39, 0.29) is 10.7 Å². The summed E-state index contributed by atoms with van der Waals surface area (Å²) < 4.78 is 22.5. The van der Waals surface area contributed by atoms with Crippen LogP contribution in [0, 0.1) is 0 Å². The summed E-state index contributed by atoms with van der Waals surface area (Å²) >= 11 is 3.04. The van der Waals surface area contributed by atoms with Crippen molar-refractivity contribution in [1.82, 2.24) is 0 Å². The highest BCUT2D eigenvalue weighted by Crippen LogP contribution is 2.26. The van der Waals surface area contributed by atoms with Crippen LogP contribution in [0.25, 0.3) is 0 Å². The first-order chi connectivity index (χ1) is 6.32. The lowest BCUT2D eigenvalue weighted by Gasteiger charge is -2.02. The summed E-state index contributed by atoms with van der Waals surface area (Å²) in [5.74, 6) is -0.209. The second-order valence-electron chi connectivity index (χ2n) is 2.64. The van der Waals surface area contributed by atoms with Gasteiger partial charge < -0.3 is 0 Å². The van der Waals surface area contributed by atoms with Crippen molar-refractivity contribution in [3.8, 4) is 0 Å². The van der Waals surface area contributed by atoms with Gasteiger partial charge in [0.15, 0.2) is 5.78 Å². The smallest absolute Gasteiger partial charge is 0.262 e. The number of ketones is 1. The molecule has 76 valence electrons. The molecule has 0 aliphatic carbocycles. The molecule has 0 fully saturated rings. The van der Waals surface area contributed by atoms with Crippen molar-refractivity contribution in [1.29, 1.82) is 0 Å². The van der Waals surface area contributed by atoms with Gasteiger partial charge in [0, 0.05) is 20.7 Å². The Hall–Kier alpha value is -0.390. The Kier molecular flexibility index (Phi) is 3.34. The van der Waals surface area contributed by atoms with Crippen molar-refractivity contribution in [2.75, 3.05) is 0 Å². The van der Waals surface area contributed by atoms with Gasteiger partial charge in [-0.05, 0) is 35.0 Å². The number of hydrogen-bond donors (Lipinski definition) is 0. The first-order valence-corrected chi connectivity index (χ1v) is 6.68. The standard InChI is InChI=1S/C8H6BrClO3S/c1-5(11)6-2-3-7(9)8(4-6)14(10,12)13/h2-4H,1H3. The average molecular weight is 298 g/mol. The first kappa shape index (κ1) is 11.7. The fraction of sp³-hybridized carbons (Fsp3) is 0.125. The lowest BCUT2D eigenvalue weighted by molar-refractivity contribution is 0.101. The minimum absolute atomic E-state index is 0.0909. The Morgan fingerprint density at radius 2 is 2.00 bits per heavy atom. The summed E-state index contributed by atoms with van der Waals surface area (Å²) in [6.45, 7) is 1.36. The topological polar surface area (TPSA) is 51.2 Å². The number of halogens is 2. The van der Waals surface area contributed by atoms with E-state index in [0.717, 1.165) is 0 Å². The molecule has 14 heavy (non-hydrogen) atoms. The molecule has 0 aliphatic rings. The third-order valence-electron chi connectivity index (χ3n) is 1.60. The Labute approximate surface area is 94.6 Å². The fourth-order valence-electron chi connectivity index (χ4n) is 0.909. The molecule has 0 heterocycles. The van der Waals surface area contributed by atoms with E-state index in [9.17, 15) is 13.2 Å². The van der Waals surface area contributed by atoms with Gasteiger partial charge in [0.2, 0.25) is 0 Å². The lowest BCUT2D eigenvalue weighted by Crippen LogP contribution is -1.97. The first-order valence-electron chi connectivity index (χ1n) is 3.57. The summed E-state index contributed by atoms with van der Waals surface area (Å²) in [6.07, 6.45) is 0. The molecule has 1 rings (SSSR count). The highest BCUT2D eigenvalue weighted by atomic mass is 79.9. The molecule has 6 heteroatoms. The molecule has 0 atom stereocenters. The second kappa shape index (κ2) is 4.00. The maximum absolute atomic E-state index is 11.1. The van der Waals surface area contributed by atoms with Crippen LogP contribution in [-0.4, -0.2) is 14.2 Å². The summed E-state index contributed by atoms with van der Waals surface area (Å²) in [4.78, 5) is 10.9. The van der Waals surface area contributed by atoms with E-state index in [0.29, 0.717) is 10.0 Å². The van der Waals surface area contributed by atoms with Crippen LogP contribution in [0.5, 0.6) is 0 Å². The van der Waals surface area contributed by atoms with Gasteiger partial charge >= 0.3 is 0 Å². The number of carbonyl (C=O) groups excluding carboxylic acids is 1. The average Bonchev–Trinajstić information content (AvgIpc) is 2.02. The SMILES string of the molecule is CC(=O)c1ccc(Br)c(S(=O)(=O)Cl)c1. The monoisotopic (exact) mass is 296 g/mol. The quantitative estimate of drug-likeness (QED) is 0.623. The van der Waals surface area contributed by atoms with Crippen LogP contribution in [-0.2, 0) is 9.05 Å². The van der Waals surface area contributed by atoms with Gasteiger partial charge in [0.25, 0.3) is 9.05 Å². The van der Waals surface area contributed by atoms with Gasteiger partial charge in [0.05, 0.1) is 4.90 Å². The zero-order chi connectivity index (χ0) is 10.9. The van der Waals surface area contributed by atoms with Crippen molar-refractivity contribution in [2.45, 2.75) is 11.8 Å². The molecule has 0 radical (unpaired) electrons. The second-order valence-corrected chi connectivity index (χ2v) is 6.03. The molecule has 0 saturated carbocycles. The molecule has 0 aliphatic heterocycles. The van der Waals surface area contributed by atoms with Gasteiger partial charge in [-0.3, -0.25) is 4.79 Å². The van der Waals surface area contributed by atoms with Crippen LogP contribution >= 0.6 is 26.6 Å². The van der Waals surface area contributed by atoms with Crippen molar-refractivity contribution < 1.29 is 13.2 Å². The molecule has 3 nitrogen and oxygen atoms in total. The van der Waals surface area contributed by atoms with E-state index in [1.165, 1.54) is 25.1 Å². The van der Waals surface area contributed by atoms with Crippen LogP contribution in [0.15, 0.2) is 27.6 Å². The van der Waals surface area contributed by atoms with Crippen molar-refractivity contribution in [3.63, 3.8) is 0 Å². The molecule has 0 saturated heterocycles. The van der Waals surface area contributed by atoms with Crippen LogP contribution in [0.1, 0.15) is 17.3 Å². The van der Waals surface area contributed by atoms with Crippen LogP contribution in [0.4, 0.5) is 0 Å². The predicted octanol–water partition coefficient (Wildman–Crippen LogP) is 2.58. The van der Waals surface area contributed by atoms with E-state index < -0.39 is 9.05 Å². The molecule has 0 bridgehead atoms. The van der Waals surface area contributed by atoms with E-state index in [4.69, 9.17) is 10.7 Å². The summed E-state index contributed by atoms with van der Waals surface area (Å²) in [5, 5.41) is 0.